The topological polar surface area (TPSA) is 24.9 Å². The van der Waals surface area contributed by atoms with Gasteiger partial charge in [-0.1, -0.05) is 6.07 Å². The molecule has 4 heteroatoms. The number of halogens is 2. The van der Waals surface area contributed by atoms with Crippen LogP contribution in [0.4, 0.5) is 8.78 Å². The Morgan fingerprint density at radius 1 is 1.43 bits per heavy atom. The molecule has 0 bridgehead atoms. The molecule has 2 nitrogen and oxygen atoms in total. The van der Waals surface area contributed by atoms with Gasteiger partial charge in [-0.25, -0.2) is 8.78 Å². The lowest BCUT2D eigenvalue weighted by molar-refractivity contribution is 0.106. The maximum Gasteiger partial charge on any atom is 0.253 e. The van der Waals surface area contributed by atoms with Gasteiger partial charge < -0.3 is 5.32 Å². The highest BCUT2D eigenvalue weighted by Crippen LogP contribution is 1.99. The summed E-state index contributed by atoms with van der Waals surface area (Å²) in [6.07, 6.45) is 0.0720. The van der Waals surface area contributed by atoms with Crippen molar-refractivity contribution < 1.29 is 8.78 Å². The van der Waals surface area contributed by atoms with E-state index in [0.29, 0.717) is 13.0 Å². The first-order chi connectivity index (χ1) is 6.70. The van der Waals surface area contributed by atoms with E-state index >= 15 is 0 Å². The maximum atomic E-state index is 12.1. The van der Waals surface area contributed by atoms with Crippen LogP contribution in [0.15, 0.2) is 24.4 Å². The molecule has 0 fully saturated rings. The Morgan fingerprint density at radius 2 is 2.21 bits per heavy atom. The van der Waals surface area contributed by atoms with E-state index in [0.717, 1.165) is 5.69 Å². The van der Waals surface area contributed by atoms with Gasteiger partial charge in [0.25, 0.3) is 6.43 Å². The number of nitrogens with one attached hydrogen (secondary N) is 1. The van der Waals surface area contributed by atoms with Crippen LogP contribution >= 0.6 is 0 Å². The molecule has 1 unspecified atom stereocenters. The summed E-state index contributed by atoms with van der Waals surface area (Å²) in [5.41, 5.74) is 0.918. The quantitative estimate of drug-likeness (QED) is 0.784. The monoisotopic (exact) mass is 200 g/mol. The Bertz CT molecular complexity index is 252. The number of hydrogen-bond acceptors (Lipinski definition) is 2. The van der Waals surface area contributed by atoms with E-state index in [2.05, 4.69) is 10.3 Å². The summed E-state index contributed by atoms with van der Waals surface area (Å²) in [6.45, 7) is 2.01. The molecular weight excluding hydrogens is 186 g/mol. The summed E-state index contributed by atoms with van der Waals surface area (Å²) in [4.78, 5) is 4.09. The van der Waals surface area contributed by atoms with Crippen LogP contribution in [0.1, 0.15) is 12.6 Å². The third-order valence-corrected chi connectivity index (χ3v) is 1.95. The maximum absolute atomic E-state index is 12.1. The lowest BCUT2D eigenvalue weighted by atomic mass is 10.2. The van der Waals surface area contributed by atoms with E-state index in [1.54, 1.807) is 6.20 Å². The van der Waals surface area contributed by atoms with Crippen molar-refractivity contribution in [2.24, 2.45) is 0 Å². The van der Waals surface area contributed by atoms with Crippen molar-refractivity contribution in [2.75, 3.05) is 6.54 Å². The summed E-state index contributed by atoms with van der Waals surface area (Å²) in [6, 6.07) is 4.85. The first-order valence-electron chi connectivity index (χ1n) is 4.61. The van der Waals surface area contributed by atoms with Gasteiger partial charge >= 0.3 is 0 Å². The lowest BCUT2D eigenvalue weighted by Crippen LogP contribution is -2.34. The highest BCUT2D eigenvalue weighted by atomic mass is 19.3. The van der Waals surface area contributed by atoms with Crippen LogP contribution in [0.2, 0.25) is 0 Å². The van der Waals surface area contributed by atoms with Crippen molar-refractivity contribution >= 4 is 0 Å². The van der Waals surface area contributed by atoms with Crippen LogP contribution in [0.25, 0.3) is 0 Å². The van der Waals surface area contributed by atoms with Crippen molar-refractivity contribution in [1.82, 2.24) is 10.3 Å². The van der Waals surface area contributed by atoms with Crippen LogP contribution in [-0.2, 0) is 6.42 Å². The van der Waals surface area contributed by atoms with Crippen molar-refractivity contribution in [2.45, 2.75) is 25.8 Å². The zero-order valence-corrected chi connectivity index (χ0v) is 8.08. The predicted octanol–water partition coefficient (Wildman–Crippen LogP) is 1.87. The molecule has 0 aliphatic heterocycles. The van der Waals surface area contributed by atoms with Crippen LogP contribution in [-0.4, -0.2) is 24.0 Å². The molecule has 1 heterocycles. The standard InChI is InChI=1S/C10H14F2N2/c1-8(10(11)12)13-7-5-9-4-2-3-6-14-9/h2-4,6,8,10,13H,5,7H2,1H3. The van der Waals surface area contributed by atoms with E-state index in [9.17, 15) is 8.78 Å². The molecule has 14 heavy (non-hydrogen) atoms. The van der Waals surface area contributed by atoms with Gasteiger partial charge in [-0.2, -0.15) is 0 Å². The summed E-state index contributed by atoms with van der Waals surface area (Å²) >= 11 is 0. The Morgan fingerprint density at radius 3 is 2.79 bits per heavy atom. The molecule has 0 aliphatic rings. The second-order valence-electron chi connectivity index (χ2n) is 3.15. The highest BCUT2D eigenvalue weighted by molar-refractivity contribution is 5.03. The molecule has 0 saturated carbocycles. The van der Waals surface area contributed by atoms with Gasteiger partial charge in [-0.05, 0) is 19.1 Å². The second kappa shape index (κ2) is 5.65. The van der Waals surface area contributed by atoms with Gasteiger partial charge in [0.1, 0.15) is 0 Å². The van der Waals surface area contributed by atoms with Crippen molar-refractivity contribution in [1.29, 1.82) is 0 Å². The fourth-order valence-corrected chi connectivity index (χ4v) is 1.06. The van der Waals surface area contributed by atoms with Crippen LogP contribution in [0.3, 0.4) is 0 Å². The van der Waals surface area contributed by atoms with Gasteiger partial charge in [0, 0.05) is 24.9 Å². The van der Waals surface area contributed by atoms with Crippen LogP contribution in [0, 0.1) is 0 Å². The van der Waals surface area contributed by atoms with E-state index in [-0.39, 0.29) is 0 Å². The van der Waals surface area contributed by atoms with E-state index in [1.165, 1.54) is 6.92 Å². The van der Waals surface area contributed by atoms with E-state index < -0.39 is 12.5 Å². The molecule has 1 rings (SSSR count). The number of pyridine rings is 1. The van der Waals surface area contributed by atoms with Crippen molar-refractivity contribution in [3.63, 3.8) is 0 Å². The molecular formula is C10H14F2N2. The number of nitrogens with zero attached hydrogens (tertiary/aromatic N) is 1. The zero-order chi connectivity index (χ0) is 10.4. The van der Waals surface area contributed by atoms with E-state index in [4.69, 9.17) is 0 Å². The lowest BCUT2D eigenvalue weighted by Gasteiger charge is -2.11. The predicted molar refractivity (Wildman–Crippen MR) is 51.4 cm³/mol. The molecule has 78 valence electrons. The van der Waals surface area contributed by atoms with Crippen LogP contribution < -0.4 is 5.32 Å². The fraction of sp³-hybridized carbons (Fsp3) is 0.500. The molecule has 0 aromatic carbocycles. The Labute approximate surface area is 82.4 Å². The number of aromatic nitrogens is 1. The van der Waals surface area contributed by atoms with Crippen molar-refractivity contribution in [3.8, 4) is 0 Å². The molecule has 0 amide bonds. The molecule has 0 aliphatic carbocycles. The van der Waals surface area contributed by atoms with Gasteiger partial charge in [-0.15, -0.1) is 0 Å². The minimum absolute atomic E-state index is 0.530. The Kier molecular flexibility index (Phi) is 4.46. The van der Waals surface area contributed by atoms with E-state index in [1.807, 2.05) is 18.2 Å². The average molecular weight is 200 g/mol. The molecule has 1 aromatic rings. The smallest absolute Gasteiger partial charge is 0.253 e. The molecule has 0 spiro atoms. The van der Waals surface area contributed by atoms with Crippen LogP contribution in [0.5, 0.6) is 0 Å². The summed E-state index contributed by atoms with van der Waals surface area (Å²) in [5, 5.41) is 2.74. The van der Waals surface area contributed by atoms with Crippen molar-refractivity contribution in [3.05, 3.63) is 30.1 Å². The van der Waals surface area contributed by atoms with Gasteiger partial charge in [-0.3, -0.25) is 4.98 Å². The summed E-state index contributed by atoms with van der Waals surface area (Å²) in [7, 11) is 0. The summed E-state index contributed by atoms with van der Waals surface area (Å²) in [5.74, 6) is 0. The number of alkyl halides is 2. The van der Waals surface area contributed by atoms with Gasteiger partial charge in [0.05, 0.1) is 6.04 Å². The first-order valence-corrected chi connectivity index (χ1v) is 4.61. The number of rotatable bonds is 5. The first kappa shape index (κ1) is 11.0. The Balaban J connectivity index is 2.22. The fourth-order valence-electron chi connectivity index (χ4n) is 1.06. The van der Waals surface area contributed by atoms with Gasteiger partial charge in [0.2, 0.25) is 0 Å². The third-order valence-electron chi connectivity index (χ3n) is 1.95. The minimum atomic E-state index is -2.31. The van der Waals surface area contributed by atoms with Gasteiger partial charge in [0.15, 0.2) is 0 Å². The largest absolute Gasteiger partial charge is 0.309 e. The minimum Gasteiger partial charge on any atom is -0.309 e. The normalized spacial score (nSPS) is 13.1. The molecule has 1 atom stereocenters. The SMILES string of the molecule is CC(NCCc1ccccn1)C(F)F. The molecule has 1 aromatic heterocycles. The summed E-state index contributed by atoms with van der Waals surface area (Å²) < 4.78 is 24.2. The molecule has 1 N–H and O–H groups in total. The molecule has 0 radical (unpaired) electrons. The average Bonchev–Trinajstić information content (AvgIpc) is 2.19. The Hall–Kier alpha value is -1.03. The second-order valence-corrected chi connectivity index (χ2v) is 3.15. The number of hydrogen-bond donors (Lipinski definition) is 1. The zero-order valence-electron chi connectivity index (χ0n) is 8.08. The molecule has 0 saturated heterocycles. The highest BCUT2D eigenvalue weighted by Gasteiger charge is 2.12. The third kappa shape index (κ3) is 3.79.